The molecule has 4 rings (SSSR count). The van der Waals surface area contributed by atoms with Gasteiger partial charge >= 0.3 is 0 Å². The molecule has 1 aromatic heterocycles. The number of nitriles is 1. The molecule has 1 amide bonds. The number of nitrogens with zero attached hydrogens (tertiary/aromatic N) is 4. The molecule has 6 nitrogen and oxygen atoms in total. The highest BCUT2D eigenvalue weighted by Crippen LogP contribution is 2.23. The molecular weight excluding hydrogens is 439 g/mol. The summed E-state index contributed by atoms with van der Waals surface area (Å²) in [4.78, 5) is 32.5. The van der Waals surface area contributed by atoms with Crippen LogP contribution in [-0.2, 0) is 4.79 Å². The fraction of sp³-hybridized carbons (Fsp3) is 0.120. The van der Waals surface area contributed by atoms with Crippen LogP contribution in [0.15, 0.2) is 82.7 Å². The van der Waals surface area contributed by atoms with Crippen LogP contribution >= 0.6 is 11.8 Å². The molecule has 0 radical (unpaired) electrons. The van der Waals surface area contributed by atoms with E-state index in [-0.39, 0.29) is 23.0 Å². The van der Waals surface area contributed by atoms with Crippen LogP contribution in [0, 0.1) is 17.1 Å². The van der Waals surface area contributed by atoms with Crippen molar-refractivity contribution in [2.24, 2.45) is 0 Å². The molecule has 164 valence electrons. The molecular formula is C25H19FN4O2S. The Kier molecular flexibility index (Phi) is 6.52. The van der Waals surface area contributed by atoms with E-state index in [1.807, 2.05) is 6.92 Å². The normalized spacial score (nSPS) is 10.7. The van der Waals surface area contributed by atoms with Gasteiger partial charge in [0.05, 0.1) is 34.0 Å². The highest BCUT2D eigenvalue weighted by molar-refractivity contribution is 7.99. The molecule has 0 bridgehead atoms. The zero-order valence-corrected chi connectivity index (χ0v) is 18.6. The van der Waals surface area contributed by atoms with Gasteiger partial charge in [-0.25, -0.2) is 9.37 Å². The number of hydrogen-bond acceptors (Lipinski definition) is 5. The maximum absolute atomic E-state index is 13.3. The summed E-state index contributed by atoms with van der Waals surface area (Å²) in [6.45, 7) is 2.26. The summed E-state index contributed by atoms with van der Waals surface area (Å²) in [5.74, 6) is -0.530. The molecule has 0 aliphatic carbocycles. The largest absolute Gasteiger partial charge is 0.312 e. The molecule has 4 aromatic rings. The Morgan fingerprint density at radius 1 is 1.09 bits per heavy atom. The van der Waals surface area contributed by atoms with Crippen molar-refractivity contribution in [3.63, 3.8) is 0 Å². The number of thioether (sulfide) groups is 1. The molecule has 1 heterocycles. The van der Waals surface area contributed by atoms with Gasteiger partial charge in [-0.3, -0.25) is 14.2 Å². The Labute approximate surface area is 193 Å². The smallest absolute Gasteiger partial charge is 0.266 e. The number of carbonyl (C=O) groups excluding carboxylic acids is 1. The van der Waals surface area contributed by atoms with E-state index in [2.05, 4.69) is 11.1 Å². The quantitative estimate of drug-likeness (QED) is 0.313. The number of carbonyl (C=O) groups is 1. The lowest BCUT2D eigenvalue weighted by Gasteiger charge is -2.21. The van der Waals surface area contributed by atoms with E-state index in [1.54, 1.807) is 65.6 Å². The highest BCUT2D eigenvalue weighted by atomic mass is 32.2. The second kappa shape index (κ2) is 9.67. The summed E-state index contributed by atoms with van der Waals surface area (Å²) in [6, 6.07) is 21.4. The van der Waals surface area contributed by atoms with Gasteiger partial charge < -0.3 is 4.90 Å². The molecule has 33 heavy (non-hydrogen) atoms. The third-order valence-electron chi connectivity index (χ3n) is 5.08. The number of para-hydroxylation sites is 1. The van der Waals surface area contributed by atoms with Crippen LogP contribution in [0.3, 0.4) is 0 Å². The summed E-state index contributed by atoms with van der Waals surface area (Å²) in [5, 5.41) is 9.91. The number of halogens is 1. The highest BCUT2D eigenvalue weighted by Gasteiger charge is 2.18. The van der Waals surface area contributed by atoms with E-state index in [0.717, 1.165) is 11.8 Å². The maximum atomic E-state index is 13.3. The van der Waals surface area contributed by atoms with Gasteiger partial charge in [0.25, 0.3) is 5.56 Å². The molecule has 0 atom stereocenters. The van der Waals surface area contributed by atoms with E-state index in [4.69, 9.17) is 5.26 Å². The molecule has 8 heteroatoms. The molecule has 0 saturated carbocycles. The lowest BCUT2D eigenvalue weighted by molar-refractivity contribution is -0.116. The minimum atomic E-state index is -0.372. The lowest BCUT2D eigenvalue weighted by Crippen LogP contribution is -2.32. The first-order valence-electron chi connectivity index (χ1n) is 10.2. The van der Waals surface area contributed by atoms with Crippen LogP contribution in [0.25, 0.3) is 16.6 Å². The molecule has 0 aliphatic heterocycles. The number of rotatable bonds is 6. The van der Waals surface area contributed by atoms with Crippen molar-refractivity contribution in [1.82, 2.24) is 9.55 Å². The molecule has 0 unspecified atom stereocenters. The van der Waals surface area contributed by atoms with Crippen molar-refractivity contribution in [3.05, 3.63) is 94.5 Å². The number of fused-ring (bicyclic) bond motifs is 1. The van der Waals surface area contributed by atoms with Crippen LogP contribution < -0.4 is 10.5 Å². The summed E-state index contributed by atoms with van der Waals surface area (Å²) >= 11 is 1.15. The van der Waals surface area contributed by atoms with E-state index in [0.29, 0.717) is 39.5 Å². The Balaban J connectivity index is 1.70. The van der Waals surface area contributed by atoms with E-state index < -0.39 is 0 Å². The Morgan fingerprint density at radius 3 is 2.45 bits per heavy atom. The van der Waals surface area contributed by atoms with Crippen molar-refractivity contribution in [3.8, 4) is 11.8 Å². The molecule has 0 aliphatic rings. The number of benzene rings is 3. The van der Waals surface area contributed by atoms with Crippen LogP contribution in [0.1, 0.15) is 12.5 Å². The summed E-state index contributed by atoms with van der Waals surface area (Å²) < 4.78 is 14.7. The van der Waals surface area contributed by atoms with E-state index >= 15 is 0 Å². The zero-order valence-electron chi connectivity index (χ0n) is 17.7. The fourth-order valence-electron chi connectivity index (χ4n) is 3.45. The fourth-order valence-corrected chi connectivity index (χ4v) is 4.34. The van der Waals surface area contributed by atoms with Crippen LogP contribution in [0.5, 0.6) is 0 Å². The van der Waals surface area contributed by atoms with Gasteiger partial charge in [-0.05, 0) is 67.6 Å². The van der Waals surface area contributed by atoms with Gasteiger partial charge in [0.15, 0.2) is 5.16 Å². The molecule has 0 saturated heterocycles. The molecule has 0 N–H and O–H groups in total. The van der Waals surface area contributed by atoms with E-state index in [1.165, 1.54) is 16.7 Å². The first kappa shape index (κ1) is 22.2. The number of anilines is 1. The SMILES string of the molecule is CCN(C(=O)CSc1nc2ccccc2c(=O)n1-c1ccc(C#N)cc1)c1ccc(F)cc1. The topological polar surface area (TPSA) is 79.0 Å². The van der Waals surface area contributed by atoms with Crippen molar-refractivity contribution in [1.29, 1.82) is 5.26 Å². The standard InChI is InChI=1S/C25H19FN4O2S/c1-2-29(19-13-9-18(26)10-14-19)23(31)16-33-25-28-22-6-4-3-5-21(22)24(32)30(25)20-11-7-17(15-27)8-12-20/h3-14H,2,16H2,1H3. The Morgan fingerprint density at radius 2 is 1.79 bits per heavy atom. The number of amides is 1. The third kappa shape index (κ3) is 4.64. The zero-order chi connectivity index (χ0) is 23.4. The third-order valence-corrected chi connectivity index (χ3v) is 6.00. The molecule has 3 aromatic carbocycles. The first-order chi connectivity index (χ1) is 16.0. The van der Waals surface area contributed by atoms with Gasteiger partial charge in [-0.2, -0.15) is 5.26 Å². The second-order valence-electron chi connectivity index (χ2n) is 7.11. The number of aromatic nitrogens is 2. The summed E-state index contributed by atoms with van der Waals surface area (Å²) in [7, 11) is 0. The second-order valence-corrected chi connectivity index (χ2v) is 8.06. The van der Waals surface area contributed by atoms with Gasteiger partial charge in [-0.15, -0.1) is 0 Å². The van der Waals surface area contributed by atoms with E-state index in [9.17, 15) is 14.0 Å². The summed E-state index contributed by atoms with van der Waals surface area (Å²) in [5.41, 5.74) is 1.90. The lowest BCUT2D eigenvalue weighted by atomic mass is 10.2. The summed E-state index contributed by atoms with van der Waals surface area (Å²) in [6.07, 6.45) is 0. The van der Waals surface area contributed by atoms with Crippen molar-refractivity contribution < 1.29 is 9.18 Å². The van der Waals surface area contributed by atoms with Crippen LogP contribution in [0.4, 0.5) is 10.1 Å². The van der Waals surface area contributed by atoms with Crippen LogP contribution in [-0.4, -0.2) is 27.8 Å². The average Bonchev–Trinajstić information content (AvgIpc) is 2.84. The Bertz CT molecular complexity index is 1410. The van der Waals surface area contributed by atoms with Crippen molar-refractivity contribution >= 4 is 34.3 Å². The predicted octanol–water partition coefficient (Wildman–Crippen LogP) is 4.54. The minimum absolute atomic E-state index is 0.0340. The predicted molar refractivity (Wildman–Crippen MR) is 127 cm³/mol. The monoisotopic (exact) mass is 458 g/mol. The minimum Gasteiger partial charge on any atom is -0.312 e. The first-order valence-corrected chi connectivity index (χ1v) is 11.2. The Hall–Kier alpha value is -3.96. The molecule has 0 fully saturated rings. The van der Waals surface area contributed by atoms with Gasteiger partial charge in [-0.1, -0.05) is 23.9 Å². The van der Waals surface area contributed by atoms with Gasteiger partial charge in [0.1, 0.15) is 5.82 Å². The van der Waals surface area contributed by atoms with Gasteiger partial charge in [0.2, 0.25) is 5.91 Å². The molecule has 0 spiro atoms. The van der Waals surface area contributed by atoms with Crippen molar-refractivity contribution in [2.45, 2.75) is 12.1 Å². The van der Waals surface area contributed by atoms with Crippen molar-refractivity contribution in [2.75, 3.05) is 17.2 Å². The van der Waals surface area contributed by atoms with Crippen LogP contribution in [0.2, 0.25) is 0 Å². The maximum Gasteiger partial charge on any atom is 0.266 e. The average molecular weight is 459 g/mol. The number of hydrogen-bond donors (Lipinski definition) is 0. The van der Waals surface area contributed by atoms with Gasteiger partial charge in [0, 0.05) is 12.2 Å².